The van der Waals surface area contributed by atoms with Crippen LogP contribution in [0.1, 0.15) is 41.3 Å². The molecule has 0 aliphatic rings. The highest BCUT2D eigenvalue weighted by atomic mass is 16.5. The van der Waals surface area contributed by atoms with Gasteiger partial charge in [-0.1, -0.05) is 18.2 Å². The van der Waals surface area contributed by atoms with Crippen LogP contribution in [0.15, 0.2) is 65.1 Å². The average Bonchev–Trinajstić information content (AvgIpc) is 3.22. The summed E-state index contributed by atoms with van der Waals surface area (Å²) >= 11 is 0. The van der Waals surface area contributed by atoms with Crippen molar-refractivity contribution in [2.75, 3.05) is 7.11 Å². The summed E-state index contributed by atoms with van der Waals surface area (Å²) in [6.07, 6.45) is 0.609. The Morgan fingerprint density at radius 2 is 1.83 bits per heavy atom. The molecule has 1 aromatic heterocycles. The summed E-state index contributed by atoms with van der Waals surface area (Å²) < 4.78 is 16.7. The maximum atomic E-state index is 12.7. The monoisotopic (exact) mass is 404 g/mol. The number of hydrogen-bond acceptors (Lipinski definition) is 5. The van der Waals surface area contributed by atoms with Crippen LogP contribution in [0, 0.1) is 11.3 Å². The largest absolute Gasteiger partial charge is 0.496 e. The fraction of sp³-hybridized carbons (Fsp3) is 0.250. The van der Waals surface area contributed by atoms with Crippen molar-refractivity contribution >= 4 is 5.91 Å². The lowest BCUT2D eigenvalue weighted by Crippen LogP contribution is -2.45. The number of rotatable bonds is 8. The first kappa shape index (κ1) is 21.0. The third-order valence-corrected chi connectivity index (χ3v) is 4.53. The van der Waals surface area contributed by atoms with Gasteiger partial charge in [-0.15, -0.1) is 0 Å². The van der Waals surface area contributed by atoms with Crippen molar-refractivity contribution < 1.29 is 18.7 Å². The molecule has 6 heteroatoms. The topological polar surface area (TPSA) is 84.5 Å². The standard InChI is InChI=1S/C24H24N2O4/c1-24(2,14-18-6-4-5-7-21(18)28-3)26-23(27)22-13-12-20(30-22)16-29-19-10-8-17(15-25)9-11-19/h4-13H,14,16H2,1-3H3,(H,26,27). The molecule has 1 amide bonds. The highest BCUT2D eigenvalue weighted by Crippen LogP contribution is 2.23. The lowest BCUT2D eigenvalue weighted by Gasteiger charge is -2.26. The van der Waals surface area contributed by atoms with Crippen LogP contribution in [0.5, 0.6) is 11.5 Å². The second kappa shape index (κ2) is 9.19. The molecule has 30 heavy (non-hydrogen) atoms. The molecule has 0 saturated heterocycles. The summed E-state index contributed by atoms with van der Waals surface area (Å²) in [5.41, 5.74) is 1.08. The first-order chi connectivity index (χ1) is 14.4. The minimum Gasteiger partial charge on any atom is -0.496 e. The molecule has 0 unspecified atom stereocenters. The molecule has 0 aliphatic heterocycles. The number of carbonyl (C=O) groups excluding carboxylic acids is 1. The zero-order valence-electron chi connectivity index (χ0n) is 17.3. The summed E-state index contributed by atoms with van der Waals surface area (Å²) in [6, 6.07) is 19.9. The quantitative estimate of drug-likeness (QED) is 0.598. The number of para-hydroxylation sites is 1. The highest BCUT2D eigenvalue weighted by Gasteiger charge is 2.24. The van der Waals surface area contributed by atoms with Gasteiger partial charge in [-0.3, -0.25) is 4.79 Å². The second-order valence-electron chi connectivity index (χ2n) is 7.52. The molecule has 6 nitrogen and oxygen atoms in total. The summed E-state index contributed by atoms with van der Waals surface area (Å²) in [7, 11) is 1.63. The van der Waals surface area contributed by atoms with Crippen LogP contribution in [0.3, 0.4) is 0 Å². The molecule has 0 saturated carbocycles. The van der Waals surface area contributed by atoms with Crippen LogP contribution < -0.4 is 14.8 Å². The second-order valence-corrected chi connectivity index (χ2v) is 7.52. The zero-order chi connectivity index (χ0) is 21.6. The van der Waals surface area contributed by atoms with E-state index in [1.807, 2.05) is 38.1 Å². The number of nitriles is 1. The number of methoxy groups -OCH3 is 1. The number of nitrogens with one attached hydrogen (secondary N) is 1. The summed E-state index contributed by atoms with van der Waals surface area (Å²) in [5.74, 6) is 1.88. The van der Waals surface area contributed by atoms with Gasteiger partial charge in [0.25, 0.3) is 5.91 Å². The van der Waals surface area contributed by atoms with Gasteiger partial charge in [-0.2, -0.15) is 5.26 Å². The van der Waals surface area contributed by atoms with Gasteiger partial charge < -0.3 is 19.2 Å². The first-order valence-corrected chi connectivity index (χ1v) is 9.56. The van der Waals surface area contributed by atoms with Gasteiger partial charge in [0.1, 0.15) is 23.9 Å². The number of carbonyl (C=O) groups is 1. The lowest BCUT2D eigenvalue weighted by atomic mass is 9.94. The number of benzene rings is 2. The molecule has 3 aromatic rings. The predicted octanol–water partition coefficient (Wildman–Crippen LogP) is 4.49. The molecule has 0 aliphatic carbocycles. The van der Waals surface area contributed by atoms with E-state index in [-0.39, 0.29) is 18.3 Å². The van der Waals surface area contributed by atoms with Crippen molar-refractivity contribution in [1.82, 2.24) is 5.32 Å². The van der Waals surface area contributed by atoms with Crippen molar-refractivity contribution in [2.24, 2.45) is 0 Å². The Morgan fingerprint density at radius 3 is 2.53 bits per heavy atom. The molecule has 0 spiro atoms. The van der Waals surface area contributed by atoms with Gasteiger partial charge in [0.05, 0.1) is 18.7 Å². The van der Waals surface area contributed by atoms with Gasteiger partial charge in [0, 0.05) is 5.54 Å². The molecule has 0 atom stereocenters. The van der Waals surface area contributed by atoms with Gasteiger partial charge in [0.2, 0.25) is 0 Å². The lowest BCUT2D eigenvalue weighted by molar-refractivity contribution is 0.0880. The minimum atomic E-state index is -0.502. The zero-order valence-corrected chi connectivity index (χ0v) is 17.3. The SMILES string of the molecule is COc1ccccc1CC(C)(C)NC(=O)c1ccc(COc2ccc(C#N)cc2)o1. The molecule has 1 N–H and O–H groups in total. The molecule has 1 heterocycles. The van der Waals surface area contributed by atoms with Crippen LogP contribution in [0.25, 0.3) is 0 Å². The van der Waals surface area contributed by atoms with Crippen LogP contribution in [0.2, 0.25) is 0 Å². The molecular formula is C24H24N2O4. The number of amides is 1. The van der Waals surface area contributed by atoms with Crippen LogP contribution in [0.4, 0.5) is 0 Å². The van der Waals surface area contributed by atoms with E-state index in [0.29, 0.717) is 23.5 Å². The molecule has 0 fully saturated rings. The predicted molar refractivity (Wildman–Crippen MR) is 112 cm³/mol. The number of furan rings is 1. The minimum absolute atomic E-state index is 0.184. The molecule has 2 aromatic carbocycles. The van der Waals surface area contributed by atoms with E-state index in [1.54, 1.807) is 43.5 Å². The normalized spacial score (nSPS) is 10.9. The highest BCUT2D eigenvalue weighted by molar-refractivity contribution is 5.92. The summed E-state index contributed by atoms with van der Waals surface area (Å²) in [5, 5.41) is 11.8. The molecule has 3 rings (SSSR count). The molecular weight excluding hydrogens is 380 g/mol. The van der Waals surface area contributed by atoms with Crippen LogP contribution in [-0.4, -0.2) is 18.6 Å². The Morgan fingerprint density at radius 1 is 1.10 bits per heavy atom. The van der Waals surface area contributed by atoms with Crippen LogP contribution >= 0.6 is 0 Å². The third kappa shape index (κ3) is 5.42. The Bertz CT molecular complexity index is 1050. The van der Waals surface area contributed by atoms with Gasteiger partial charge in [-0.05, 0) is 68.3 Å². The smallest absolute Gasteiger partial charge is 0.287 e. The Hall–Kier alpha value is -3.72. The summed E-state index contributed by atoms with van der Waals surface area (Å²) in [6.45, 7) is 4.09. The fourth-order valence-corrected chi connectivity index (χ4v) is 3.10. The number of ether oxygens (including phenoxy) is 2. The Kier molecular flexibility index (Phi) is 6.43. The van der Waals surface area contributed by atoms with Crippen molar-refractivity contribution in [3.63, 3.8) is 0 Å². The van der Waals surface area contributed by atoms with Crippen molar-refractivity contribution in [3.8, 4) is 17.6 Å². The Balaban J connectivity index is 1.59. The van der Waals surface area contributed by atoms with Gasteiger partial charge in [0.15, 0.2) is 5.76 Å². The van der Waals surface area contributed by atoms with E-state index in [0.717, 1.165) is 11.3 Å². The average molecular weight is 404 g/mol. The van der Waals surface area contributed by atoms with E-state index < -0.39 is 5.54 Å². The van der Waals surface area contributed by atoms with E-state index in [4.69, 9.17) is 19.2 Å². The van der Waals surface area contributed by atoms with Crippen molar-refractivity contribution in [2.45, 2.75) is 32.4 Å². The number of hydrogen-bond donors (Lipinski definition) is 1. The van der Waals surface area contributed by atoms with E-state index in [9.17, 15) is 4.79 Å². The van der Waals surface area contributed by atoms with Gasteiger partial charge >= 0.3 is 0 Å². The third-order valence-electron chi connectivity index (χ3n) is 4.53. The van der Waals surface area contributed by atoms with E-state index in [1.165, 1.54) is 0 Å². The molecule has 154 valence electrons. The maximum absolute atomic E-state index is 12.7. The van der Waals surface area contributed by atoms with E-state index in [2.05, 4.69) is 11.4 Å². The molecule has 0 bridgehead atoms. The summed E-state index contributed by atoms with van der Waals surface area (Å²) in [4.78, 5) is 12.7. The molecule has 0 radical (unpaired) electrons. The van der Waals surface area contributed by atoms with Crippen molar-refractivity contribution in [1.29, 1.82) is 5.26 Å². The van der Waals surface area contributed by atoms with Crippen molar-refractivity contribution in [3.05, 3.63) is 83.3 Å². The fourth-order valence-electron chi connectivity index (χ4n) is 3.10. The first-order valence-electron chi connectivity index (χ1n) is 9.56. The van der Waals surface area contributed by atoms with E-state index >= 15 is 0 Å². The van der Waals surface area contributed by atoms with Crippen LogP contribution in [-0.2, 0) is 13.0 Å². The van der Waals surface area contributed by atoms with Gasteiger partial charge in [-0.25, -0.2) is 0 Å². The number of nitrogens with zero attached hydrogens (tertiary/aromatic N) is 1. The maximum Gasteiger partial charge on any atom is 0.287 e. The Labute approximate surface area is 176 Å².